The number of hydrogen-bond acceptors (Lipinski definition) is 6. The molecule has 0 bridgehead atoms. The Labute approximate surface area is 188 Å². The van der Waals surface area contributed by atoms with Crippen LogP contribution in [0.3, 0.4) is 0 Å². The fourth-order valence-corrected chi connectivity index (χ4v) is 5.24. The highest BCUT2D eigenvalue weighted by Crippen LogP contribution is 2.39. The van der Waals surface area contributed by atoms with Gasteiger partial charge in [-0.1, -0.05) is 48.2 Å². The second kappa shape index (κ2) is 10.3. The van der Waals surface area contributed by atoms with Crippen LogP contribution in [0, 0.1) is 0 Å². The zero-order valence-corrected chi connectivity index (χ0v) is 19.3. The molecule has 1 aliphatic carbocycles. The summed E-state index contributed by atoms with van der Waals surface area (Å²) in [6, 6.07) is 9.86. The zero-order chi connectivity index (χ0) is 22.4. The molecule has 8 heteroatoms. The molecule has 168 valence electrons. The van der Waals surface area contributed by atoms with Gasteiger partial charge in [0.05, 0.1) is 17.8 Å². The molecule has 1 aromatic heterocycles. The fourth-order valence-electron chi connectivity index (χ4n) is 4.54. The van der Waals surface area contributed by atoms with Crippen LogP contribution in [0.2, 0.25) is 0 Å². The van der Waals surface area contributed by atoms with Gasteiger partial charge in [0.25, 0.3) is 5.91 Å². The number of amides is 2. The summed E-state index contributed by atoms with van der Waals surface area (Å²) in [5.74, 6) is -0.193. The Balaban J connectivity index is 1.82. The molecule has 0 radical (unpaired) electrons. The lowest BCUT2D eigenvalue weighted by Gasteiger charge is -2.34. The van der Waals surface area contributed by atoms with Gasteiger partial charge in [-0.05, 0) is 49.2 Å². The number of nitrogens with one attached hydrogen (secondary N) is 1. The first-order chi connectivity index (χ1) is 14.9. The molecule has 1 fully saturated rings. The molecule has 1 saturated carbocycles. The third-order valence-electron chi connectivity index (χ3n) is 6.40. The largest absolute Gasteiger partial charge is 0.391 e. The SMILES string of the molecule is CCCc1nnsc1C(=O)N(C)[C@@H]1CC[C@@](CNC(C)=O)(c2ccccc2)CC[C@H]1O. The Morgan fingerprint density at radius 3 is 2.65 bits per heavy atom. The van der Waals surface area contributed by atoms with Crippen LogP contribution >= 0.6 is 11.5 Å². The summed E-state index contributed by atoms with van der Waals surface area (Å²) < 4.78 is 3.97. The Bertz CT molecular complexity index is 888. The number of carbonyl (C=O) groups excluding carboxylic acids is 2. The van der Waals surface area contributed by atoms with Crippen molar-refractivity contribution < 1.29 is 14.7 Å². The topological polar surface area (TPSA) is 95.4 Å². The van der Waals surface area contributed by atoms with Crippen molar-refractivity contribution in [3.63, 3.8) is 0 Å². The molecular formula is C23H32N4O3S. The molecule has 3 rings (SSSR count). The molecule has 1 heterocycles. The highest BCUT2D eigenvalue weighted by Gasteiger charge is 2.40. The predicted octanol–water partition coefficient (Wildman–Crippen LogP) is 2.94. The Morgan fingerprint density at radius 1 is 1.26 bits per heavy atom. The number of aliphatic hydroxyl groups excluding tert-OH is 1. The van der Waals surface area contributed by atoms with Crippen LogP contribution in [-0.2, 0) is 16.6 Å². The van der Waals surface area contributed by atoms with Crippen molar-refractivity contribution >= 4 is 23.3 Å². The zero-order valence-electron chi connectivity index (χ0n) is 18.5. The van der Waals surface area contributed by atoms with Crippen LogP contribution in [0.25, 0.3) is 0 Å². The van der Waals surface area contributed by atoms with E-state index >= 15 is 0 Å². The molecule has 0 unspecified atom stereocenters. The second-order valence-electron chi connectivity index (χ2n) is 8.48. The molecule has 0 aliphatic heterocycles. The van der Waals surface area contributed by atoms with Gasteiger partial charge >= 0.3 is 0 Å². The number of nitrogens with zero attached hydrogens (tertiary/aromatic N) is 3. The summed E-state index contributed by atoms with van der Waals surface area (Å²) in [6.45, 7) is 4.09. The smallest absolute Gasteiger partial charge is 0.267 e. The lowest BCUT2D eigenvalue weighted by molar-refractivity contribution is -0.119. The molecule has 1 aromatic carbocycles. The number of rotatable bonds is 7. The second-order valence-corrected chi connectivity index (χ2v) is 9.24. The van der Waals surface area contributed by atoms with Crippen LogP contribution in [0.15, 0.2) is 30.3 Å². The molecule has 3 atom stereocenters. The molecule has 0 saturated heterocycles. The minimum Gasteiger partial charge on any atom is -0.391 e. The summed E-state index contributed by atoms with van der Waals surface area (Å²) in [4.78, 5) is 27.1. The van der Waals surface area contributed by atoms with E-state index in [1.807, 2.05) is 25.1 Å². The van der Waals surface area contributed by atoms with E-state index in [0.717, 1.165) is 42.1 Å². The average molecular weight is 445 g/mol. The molecule has 2 aromatic rings. The summed E-state index contributed by atoms with van der Waals surface area (Å²) in [7, 11) is 1.76. The van der Waals surface area contributed by atoms with Gasteiger partial charge < -0.3 is 15.3 Å². The normalized spacial score (nSPS) is 23.7. The van der Waals surface area contributed by atoms with Gasteiger partial charge in [0.15, 0.2) is 0 Å². The van der Waals surface area contributed by atoms with E-state index in [1.54, 1.807) is 11.9 Å². The maximum absolute atomic E-state index is 13.2. The number of aromatic nitrogens is 2. The third kappa shape index (κ3) is 5.30. The monoisotopic (exact) mass is 444 g/mol. The third-order valence-corrected chi connectivity index (χ3v) is 7.15. The van der Waals surface area contributed by atoms with Crippen molar-refractivity contribution in [3.05, 3.63) is 46.5 Å². The first-order valence-electron chi connectivity index (χ1n) is 10.9. The van der Waals surface area contributed by atoms with Crippen LogP contribution in [0.4, 0.5) is 0 Å². The predicted molar refractivity (Wildman–Crippen MR) is 121 cm³/mol. The number of hydrogen-bond donors (Lipinski definition) is 2. The molecule has 1 aliphatic rings. The summed E-state index contributed by atoms with van der Waals surface area (Å²) in [6.07, 6.45) is 3.68. The van der Waals surface area contributed by atoms with Crippen molar-refractivity contribution in [2.75, 3.05) is 13.6 Å². The number of carbonyl (C=O) groups is 2. The van der Waals surface area contributed by atoms with E-state index in [0.29, 0.717) is 30.7 Å². The molecule has 0 spiro atoms. The first kappa shape index (κ1) is 23.3. The summed E-state index contributed by atoms with van der Waals surface area (Å²) >= 11 is 1.12. The number of aliphatic hydroxyl groups is 1. The van der Waals surface area contributed by atoms with Gasteiger partial charge in [0.2, 0.25) is 5.91 Å². The molecular weight excluding hydrogens is 412 g/mol. The average Bonchev–Trinajstić information content (AvgIpc) is 3.16. The van der Waals surface area contributed by atoms with E-state index in [9.17, 15) is 14.7 Å². The van der Waals surface area contributed by atoms with Gasteiger partial charge in [-0.3, -0.25) is 9.59 Å². The van der Waals surface area contributed by atoms with Crippen molar-refractivity contribution in [1.29, 1.82) is 0 Å². The summed E-state index contributed by atoms with van der Waals surface area (Å²) in [5.41, 5.74) is 1.62. The van der Waals surface area contributed by atoms with E-state index in [1.165, 1.54) is 6.92 Å². The van der Waals surface area contributed by atoms with E-state index in [-0.39, 0.29) is 23.3 Å². The van der Waals surface area contributed by atoms with Crippen molar-refractivity contribution in [2.45, 2.75) is 69.9 Å². The van der Waals surface area contributed by atoms with Crippen LogP contribution in [0.5, 0.6) is 0 Å². The van der Waals surface area contributed by atoms with Crippen LogP contribution in [-0.4, -0.2) is 57.1 Å². The van der Waals surface area contributed by atoms with E-state index in [2.05, 4.69) is 27.0 Å². The lowest BCUT2D eigenvalue weighted by Crippen LogP contribution is -2.44. The van der Waals surface area contributed by atoms with Gasteiger partial charge in [-0.15, -0.1) is 5.10 Å². The highest BCUT2D eigenvalue weighted by atomic mass is 32.1. The Kier molecular flexibility index (Phi) is 7.78. The number of likely N-dealkylation sites (N-methyl/N-ethyl adjacent to an activating group) is 1. The van der Waals surface area contributed by atoms with Crippen molar-refractivity contribution in [1.82, 2.24) is 19.8 Å². The first-order valence-corrected chi connectivity index (χ1v) is 11.7. The molecule has 2 N–H and O–H groups in total. The van der Waals surface area contributed by atoms with Gasteiger partial charge in [-0.2, -0.15) is 0 Å². The van der Waals surface area contributed by atoms with Crippen LogP contribution < -0.4 is 5.32 Å². The number of benzene rings is 1. The standard InChI is InChI=1S/C23H32N4O3S/c1-4-8-18-21(31-26-25-18)22(30)27(3)19-11-13-23(14-12-20(19)29,15-24-16(2)28)17-9-6-5-7-10-17/h5-7,9-10,19-20,29H,4,8,11-15H2,1-3H3,(H,24,28)/t19-,20-,23-/m1/s1. The van der Waals surface area contributed by atoms with Gasteiger partial charge in [-0.25, -0.2) is 0 Å². The van der Waals surface area contributed by atoms with Crippen molar-refractivity contribution in [3.8, 4) is 0 Å². The van der Waals surface area contributed by atoms with Gasteiger partial charge in [0, 0.05) is 25.9 Å². The maximum Gasteiger partial charge on any atom is 0.267 e. The molecule has 31 heavy (non-hydrogen) atoms. The maximum atomic E-state index is 13.2. The number of aryl methyl sites for hydroxylation is 1. The van der Waals surface area contributed by atoms with E-state index in [4.69, 9.17) is 0 Å². The fraction of sp³-hybridized carbons (Fsp3) is 0.565. The highest BCUT2D eigenvalue weighted by molar-refractivity contribution is 7.08. The van der Waals surface area contributed by atoms with Crippen LogP contribution in [0.1, 0.15) is 66.9 Å². The molecule has 2 amide bonds. The summed E-state index contributed by atoms with van der Waals surface area (Å²) in [5, 5.41) is 18.1. The lowest BCUT2D eigenvalue weighted by atomic mass is 9.74. The Hall–Kier alpha value is -2.32. The molecule has 7 nitrogen and oxygen atoms in total. The van der Waals surface area contributed by atoms with Gasteiger partial charge in [0.1, 0.15) is 4.88 Å². The minimum atomic E-state index is -0.632. The minimum absolute atomic E-state index is 0.0647. The van der Waals surface area contributed by atoms with Crippen molar-refractivity contribution in [2.24, 2.45) is 0 Å². The van der Waals surface area contributed by atoms with E-state index < -0.39 is 6.10 Å². The quantitative estimate of drug-likeness (QED) is 0.640. The Morgan fingerprint density at radius 2 is 1.97 bits per heavy atom.